The molecule has 2 nitrogen and oxygen atoms in total. The van der Waals surface area contributed by atoms with Crippen LogP contribution < -0.4 is 10.1 Å². The van der Waals surface area contributed by atoms with Gasteiger partial charge in [-0.25, -0.2) is 0 Å². The average Bonchev–Trinajstić information content (AvgIpc) is 2.78. The van der Waals surface area contributed by atoms with Crippen LogP contribution in [0.3, 0.4) is 0 Å². The number of rotatable bonds is 5. The maximum atomic E-state index is 5.61. The lowest BCUT2D eigenvalue weighted by Gasteiger charge is -2.21. The van der Waals surface area contributed by atoms with E-state index in [1.165, 1.54) is 26.4 Å². The van der Waals surface area contributed by atoms with Crippen LogP contribution in [0.5, 0.6) is 5.75 Å². The summed E-state index contributed by atoms with van der Waals surface area (Å²) in [6.45, 7) is 9.47. The lowest BCUT2D eigenvalue weighted by Crippen LogP contribution is -2.21. The maximum Gasteiger partial charge on any atom is 0.124 e. The van der Waals surface area contributed by atoms with E-state index in [9.17, 15) is 0 Å². The molecule has 0 aliphatic carbocycles. The minimum atomic E-state index is 0.166. The molecular weight excluding hydrogens is 346 g/mol. The van der Waals surface area contributed by atoms with Crippen molar-refractivity contribution in [2.75, 3.05) is 13.7 Å². The summed E-state index contributed by atoms with van der Waals surface area (Å²) in [6.07, 6.45) is 0. The van der Waals surface area contributed by atoms with Crippen molar-refractivity contribution in [2.24, 2.45) is 0 Å². The highest BCUT2D eigenvalue weighted by Gasteiger charge is 2.21. The molecule has 1 atom stereocenters. The Bertz CT molecular complexity index is 616. The quantitative estimate of drug-likeness (QED) is 0.789. The first-order valence-electron chi connectivity index (χ1n) is 7.12. The number of halogens is 1. The van der Waals surface area contributed by atoms with Crippen LogP contribution in [-0.2, 0) is 0 Å². The molecule has 4 heteroatoms. The van der Waals surface area contributed by atoms with Gasteiger partial charge >= 0.3 is 0 Å². The van der Waals surface area contributed by atoms with Crippen molar-refractivity contribution in [1.29, 1.82) is 0 Å². The van der Waals surface area contributed by atoms with Crippen LogP contribution in [0.4, 0.5) is 0 Å². The van der Waals surface area contributed by atoms with Crippen molar-refractivity contribution >= 4 is 27.3 Å². The van der Waals surface area contributed by atoms with Gasteiger partial charge in [0.1, 0.15) is 5.75 Å². The van der Waals surface area contributed by atoms with Crippen LogP contribution in [0, 0.1) is 20.8 Å². The zero-order chi connectivity index (χ0) is 15.6. The number of hydrogen-bond acceptors (Lipinski definition) is 3. The highest BCUT2D eigenvalue weighted by molar-refractivity contribution is 9.10. The number of thiophene rings is 1. The van der Waals surface area contributed by atoms with Crippen molar-refractivity contribution in [3.8, 4) is 5.75 Å². The van der Waals surface area contributed by atoms with E-state index in [0.29, 0.717) is 0 Å². The summed E-state index contributed by atoms with van der Waals surface area (Å²) in [6, 6.07) is 6.71. The Morgan fingerprint density at radius 3 is 2.43 bits per heavy atom. The Labute approximate surface area is 139 Å². The molecule has 0 aliphatic rings. The van der Waals surface area contributed by atoms with Crippen LogP contribution in [0.25, 0.3) is 0 Å². The van der Waals surface area contributed by atoms with E-state index >= 15 is 0 Å². The molecule has 114 valence electrons. The van der Waals surface area contributed by atoms with Gasteiger partial charge in [0, 0.05) is 19.8 Å². The smallest absolute Gasteiger partial charge is 0.124 e. The molecule has 1 unspecified atom stereocenters. The fourth-order valence-corrected chi connectivity index (χ4v) is 3.88. The first-order valence-corrected chi connectivity index (χ1v) is 8.73. The first-order chi connectivity index (χ1) is 9.97. The van der Waals surface area contributed by atoms with Gasteiger partial charge in [-0.1, -0.05) is 22.9 Å². The zero-order valence-electron chi connectivity index (χ0n) is 13.2. The van der Waals surface area contributed by atoms with Gasteiger partial charge in [-0.3, -0.25) is 0 Å². The molecule has 1 heterocycles. The SMILES string of the molecule is CCNC(c1cc(C)c(C)s1)c1cc(Br)c(C)cc1OC. The first kappa shape index (κ1) is 16.5. The van der Waals surface area contributed by atoms with Gasteiger partial charge in [-0.2, -0.15) is 0 Å². The molecule has 0 radical (unpaired) electrons. The van der Waals surface area contributed by atoms with Crippen molar-refractivity contribution in [3.05, 3.63) is 49.1 Å². The second-order valence-corrected chi connectivity index (χ2v) is 7.36. The Morgan fingerprint density at radius 1 is 1.19 bits per heavy atom. The zero-order valence-corrected chi connectivity index (χ0v) is 15.6. The van der Waals surface area contributed by atoms with E-state index < -0.39 is 0 Å². The van der Waals surface area contributed by atoms with Gasteiger partial charge in [0.15, 0.2) is 0 Å². The van der Waals surface area contributed by atoms with Crippen molar-refractivity contribution < 1.29 is 4.74 Å². The second-order valence-electron chi connectivity index (χ2n) is 5.22. The molecule has 0 saturated heterocycles. The topological polar surface area (TPSA) is 21.3 Å². The summed E-state index contributed by atoms with van der Waals surface area (Å²) in [5.41, 5.74) is 3.71. The number of aryl methyl sites for hydroxylation is 3. The Morgan fingerprint density at radius 2 is 1.90 bits per heavy atom. The molecule has 0 aliphatic heterocycles. The molecule has 2 rings (SSSR count). The van der Waals surface area contributed by atoms with E-state index in [1.54, 1.807) is 7.11 Å². The average molecular weight is 368 g/mol. The standard InChI is InChI=1S/C17H22BrNOS/c1-6-19-17(16-8-10(2)12(4)21-16)13-9-14(18)11(3)7-15(13)20-5/h7-9,17,19H,6H2,1-5H3. The molecular formula is C17H22BrNOS. The summed E-state index contributed by atoms with van der Waals surface area (Å²) in [7, 11) is 1.74. The molecule has 0 fully saturated rings. The van der Waals surface area contributed by atoms with Crippen LogP contribution >= 0.6 is 27.3 Å². The number of hydrogen-bond donors (Lipinski definition) is 1. The van der Waals surface area contributed by atoms with Gasteiger partial charge < -0.3 is 10.1 Å². The number of nitrogens with one attached hydrogen (secondary N) is 1. The summed E-state index contributed by atoms with van der Waals surface area (Å²) in [5.74, 6) is 0.936. The maximum absolute atomic E-state index is 5.61. The third-order valence-electron chi connectivity index (χ3n) is 3.70. The van der Waals surface area contributed by atoms with Gasteiger partial charge in [0.05, 0.1) is 13.2 Å². The Hall–Kier alpha value is -0.840. The molecule has 0 saturated carbocycles. The lowest BCUT2D eigenvalue weighted by molar-refractivity contribution is 0.404. The predicted octanol–water partition coefficient (Wildman–Crippen LogP) is 5.14. The van der Waals surface area contributed by atoms with E-state index in [0.717, 1.165) is 16.8 Å². The summed E-state index contributed by atoms with van der Waals surface area (Å²) >= 11 is 5.49. The third kappa shape index (κ3) is 3.50. The largest absolute Gasteiger partial charge is 0.496 e. The Kier molecular flexibility index (Phi) is 5.47. The number of ether oxygens (including phenoxy) is 1. The van der Waals surface area contributed by atoms with Gasteiger partial charge in [0.25, 0.3) is 0 Å². The minimum absolute atomic E-state index is 0.166. The molecule has 0 amide bonds. The minimum Gasteiger partial charge on any atom is -0.496 e. The second kappa shape index (κ2) is 6.95. The summed E-state index contributed by atoms with van der Waals surface area (Å²) < 4.78 is 6.73. The fourth-order valence-electron chi connectivity index (χ4n) is 2.38. The Balaban J connectivity index is 2.54. The van der Waals surface area contributed by atoms with Crippen LogP contribution in [0.2, 0.25) is 0 Å². The summed E-state index contributed by atoms with van der Waals surface area (Å²) in [5, 5.41) is 3.59. The lowest BCUT2D eigenvalue weighted by atomic mass is 10.0. The van der Waals surface area contributed by atoms with Gasteiger partial charge in [0.2, 0.25) is 0 Å². The van der Waals surface area contributed by atoms with E-state index in [-0.39, 0.29) is 6.04 Å². The molecule has 2 aromatic rings. The summed E-state index contributed by atoms with van der Waals surface area (Å²) in [4.78, 5) is 2.71. The van der Waals surface area contributed by atoms with Crippen LogP contribution in [0.1, 0.15) is 39.4 Å². The highest BCUT2D eigenvalue weighted by Crippen LogP contribution is 2.37. The fraction of sp³-hybridized carbons (Fsp3) is 0.412. The van der Waals surface area contributed by atoms with E-state index in [4.69, 9.17) is 4.74 Å². The van der Waals surface area contributed by atoms with Crippen molar-refractivity contribution in [3.63, 3.8) is 0 Å². The molecule has 21 heavy (non-hydrogen) atoms. The van der Waals surface area contributed by atoms with E-state index in [2.05, 4.69) is 67.1 Å². The molecule has 0 bridgehead atoms. The van der Waals surface area contributed by atoms with Crippen molar-refractivity contribution in [1.82, 2.24) is 5.32 Å². The normalized spacial score (nSPS) is 12.5. The monoisotopic (exact) mass is 367 g/mol. The predicted molar refractivity (Wildman–Crippen MR) is 94.7 cm³/mol. The van der Waals surface area contributed by atoms with Crippen molar-refractivity contribution in [2.45, 2.75) is 33.7 Å². The molecule has 1 N–H and O–H groups in total. The van der Waals surface area contributed by atoms with Crippen LogP contribution in [0.15, 0.2) is 22.7 Å². The third-order valence-corrected chi connectivity index (χ3v) is 5.77. The molecule has 1 aromatic carbocycles. The highest BCUT2D eigenvalue weighted by atomic mass is 79.9. The molecule has 0 spiro atoms. The number of methoxy groups -OCH3 is 1. The van der Waals surface area contributed by atoms with E-state index in [1.807, 2.05) is 11.3 Å². The number of benzene rings is 1. The molecule has 1 aromatic heterocycles. The van der Waals surface area contributed by atoms with Crippen LogP contribution in [-0.4, -0.2) is 13.7 Å². The van der Waals surface area contributed by atoms with Gasteiger partial charge in [-0.15, -0.1) is 11.3 Å². The van der Waals surface area contributed by atoms with Gasteiger partial charge in [-0.05, 0) is 56.6 Å².